The quantitative estimate of drug-likeness (QED) is 0.781. The molecule has 2 rings (SSSR count). The van der Waals surface area contributed by atoms with Crippen molar-refractivity contribution in [2.24, 2.45) is 0 Å². The topological polar surface area (TPSA) is 41.5 Å². The number of hydrogen-bond acceptors (Lipinski definition) is 5. The molecule has 6 heteroatoms. The van der Waals surface area contributed by atoms with Crippen LogP contribution in [0.15, 0.2) is 6.07 Å². The first-order valence-electron chi connectivity index (χ1n) is 7.64. The van der Waals surface area contributed by atoms with E-state index in [1.54, 1.807) is 0 Å². The van der Waals surface area contributed by atoms with Gasteiger partial charge in [-0.15, -0.1) is 11.6 Å². The number of hydrogen-bond donors (Lipinski definition) is 0. The van der Waals surface area contributed by atoms with Crippen molar-refractivity contribution in [3.63, 3.8) is 0 Å². The summed E-state index contributed by atoms with van der Waals surface area (Å²) in [6.45, 7) is 10.9. The Morgan fingerprint density at radius 2 is 2.05 bits per heavy atom. The highest BCUT2D eigenvalue weighted by Crippen LogP contribution is 2.18. The molecule has 1 fully saturated rings. The Labute approximate surface area is 132 Å². The largest absolute Gasteiger partial charge is 0.475 e. The highest BCUT2D eigenvalue weighted by atomic mass is 35.5. The molecular weight excluding hydrogens is 288 g/mol. The number of aromatic nitrogens is 2. The van der Waals surface area contributed by atoms with Crippen LogP contribution in [-0.4, -0.2) is 59.6 Å². The van der Waals surface area contributed by atoms with Gasteiger partial charge < -0.3 is 14.5 Å². The van der Waals surface area contributed by atoms with Crippen LogP contribution in [0.1, 0.15) is 26.0 Å². The number of aryl methyl sites for hydroxylation is 1. The average Bonchev–Trinajstić information content (AvgIpc) is 2.63. The second kappa shape index (κ2) is 7.80. The van der Waals surface area contributed by atoms with Crippen LogP contribution in [0.3, 0.4) is 0 Å². The fourth-order valence-electron chi connectivity index (χ4n) is 2.48. The molecule has 1 aromatic rings. The van der Waals surface area contributed by atoms with Gasteiger partial charge in [-0.2, -0.15) is 4.98 Å². The summed E-state index contributed by atoms with van der Waals surface area (Å²) in [4.78, 5) is 13.8. The number of ether oxygens (including phenoxy) is 1. The molecule has 0 bridgehead atoms. The Bertz CT molecular complexity index is 455. The third-order valence-corrected chi connectivity index (χ3v) is 3.62. The van der Waals surface area contributed by atoms with Crippen molar-refractivity contribution in [1.82, 2.24) is 14.9 Å². The van der Waals surface area contributed by atoms with Gasteiger partial charge in [-0.1, -0.05) is 0 Å². The molecule has 0 atom stereocenters. The molecule has 0 aliphatic carbocycles. The number of anilines is 1. The highest BCUT2D eigenvalue weighted by Gasteiger charge is 2.17. The second-order valence-electron chi connectivity index (χ2n) is 5.69. The van der Waals surface area contributed by atoms with E-state index in [2.05, 4.69) is 19.8 Å². The zero-order valence-electron chi connectivity index (χ0n) is 13.2. The van der Waals surface area contributed by atoms with Crippen molar-refractivity contribution in [1.29, 1.82) is 0 Å². The molecule has 2 heterocycles. The maximum atomic E-state index is 5.84. The minimum atomic E-state index is 0.121. The van der Waals surface area contributed by atoms with Crippen LogP contribution in [0, 0.1) is 6.92 Å². The van der Waals surface area contributed by atoms with Gasteiger partial charge in [-0.05, 0) is 33.7 Å². The lowest BCUT2D eigenvalue weighted by Crippen LogP contribution is -2.32. The van der Waals surface area contributed by atoms with Gasteiger partial charge in [0, 0.05) is 43.8 Å². The first-order valence-corrected chi connectivity index (χ1v) is 8.17. The van der Waals surface area contributed by atoms with E-state index in [0.29, 0.717) is 11.8 Å². The first-order chi connectivity index (χ1) is 10.1. The molecule has 5 nitrogen and oxygen atoms in total. The average molecular weight is 313 g/mol. The van der Waals surface area contributed by atoms with Crippen molar-refractivity contribution < 1.29 is 4.74 Å². The van der Waals surface area contributed by atoms with Gasteiger partial charge in [0.05, 0.1) is 6.10 Å². The molecule has 0 radical (unpaired) electrons. The van der Waals surface area contributed by atoms with Gasteiger partial charge in [0.1, 0.15) is 0 Å². The summed E-state index contributed by atoms with van der Waals surface area (Å²) in [5, 5.41) is 0. The SMILES string of the molecule is Cc1cc(OC(C)C)nc(N2CCCN(CCCl)CC2)n1. The number of halogens is 1. The monoisotopic (exact) mass is 312 g/mol. The van der Waals surface area contributed by atoms with Crippen molar-refractivity contribution in [2.45, 2.75) is 33.3 Å². The summed E-state index contributed by atoms with van der Waals surface area (Å²) >= 11 is 5.84. The zero-order chi connectivity index (χ0) is 15.2. The Balaban J connectivity index is 2.08. The summed E-state index contributed by atoms with van der Waals surface area (Å²) in [5.41, 5.74) is 0.942. The first kappa shape index (κ1) is 16.3. The maximum absolute atomic E-state index is 5.84. The minimum absolute atomic E-state index is 0.121. The molecule has 0 aromatic carbocycles. The van der Waals surface area contributed by atoms with Crippen LogP contribution >= 0.6 is 11.6 Å². The highest BCUT2D eigenvalue weighted by molar-refractivity contribution is 6.18. The van der Waals surface area contributed by atoms with Crippen LogP contribution in [0.5, 0.6) is 5.88 Å². The van der Waals surface area contributed by atoms with Gasteiger partial charge >= 0.3 is 0 Å². The maximum Gasteiger partial charge on any atom is 0.228 e. The van der Waals surface area contributed by atoms with Gasteiger partial charge in [0.2, 0.25) is 11.8 Å². The molecule has 1 aromatic heterocycles. The van der Waals surface area contributed by atoms with E-state index in [-0.39, 0.29) is 6.10 Å². The number of alkyl halides is 1. The van der Waals surface area contributed by atoms with Crippen molar-refractivity contribution in [2.75, 3.05) is 43.5 Å². The predicted octanol–water partition coefficient (Wildman–Crippen LogP) is 2.32. The van der Waals surface area contributed by atoms with E-state index in [4.69, 9.17) is 16.3 Å². The van der Waals surface area contributed by atoms with E-state index >= 15 is 0 Å². The summed E-state index contributed by atoms with van der Waals surface area (Å²) in [5.74, 6) is 2.13. The molecule has 0 saturated carbocycles. The lowest BCUT2D eigenvalue weighted by atomic mass is 10.4. The normalized spacial score (nSPS) is 17.1. The van der Waals surface area contributed by atoms with Crippen LogP contribution in [0.2, 0.25) is 0 Å². The van der Waals surface area contributed by atoms with Gasteiger partial charge in [-0.3, -0.25) is 0 Å². The van der Waals surface area contributed by atoms with Crippen molar-refractivity contribution in [3.05, 3.63) is 11.8 Å². The standard InChI is InChI=1S/C15H25ClN4O/c1-12(2)21-14-11-13(3)17-15(18-14)20-7-4-6-19(8-5-16)9-10-20/h11-12H,4-10H2,1-3H3. The Morgan fingerprint density at radius 1 is 1.24 bits per heavy atom. The van der Waals surface area contributed by atoms with E-state index in [1.807, 2.05) is 26.8 Å². The fraction of sp³-hybridized carbons (Fsp3) is 0.733. The summed E-state index contributed by atoms with van der Waals surface area (Å²) in [7, 11) is 0. The van der Waals surface area contributed by atoms with E-state index in [1.165, 1.54) is 0 Å². The number of nitrogens with zero attached hydrogens (tertiary/aromatic N) is 4. The Hall–Kier alpha value is -1.07. The van der Waals surface area contributed by atoms with Crippen LogP contribution in [-0.2, 0) is 0 Å². The predicted molar refractivity (Wildman–Crippen MR) is 86.5 cm³/mol. The van der Waals surface area contributed by atoms with Crippen LogP contribution < -0.4 is 9.64 Å². The molecule has 1 saturated heterocycles. The van der Waals surface area contributed by atoms with Crippen LogP contribution in [0.25, 0.3) is 0 Å². The third-order valence-electron chi connectivity index (χ3n) is 3.45. The summed E-state index contributed by atoms with van der Waals surface area (Å²) < 4.78 is 5.71. The number of rotatable bonds is 5. The lowest BCUT2D eigenvalue weighted by molar-refractivity contribution is 0.232. The van der Waals surface area contributed by atoms with Gasteiger partial charge in [-0.25, -0.2) is 4.98 Å². The minimum Gasteiger partial charge on any atom is -0.475 e. The molecule has 0 amide bonds. The molecule has 21 heavy (non-hydrogen) atoms. The molecule has 0 spiro atoms. The third kappa shape index (κ3) is 5.00. The van der Waals surface area contributed by atoms with Gasteiger partial charge in [0.15, 0.2) is 0 Å². The summed E-state index contributed by atoms with van der Waals surface area (Å²) in [6.07, 6.45) is 1.23. The van der Waals surface area contributed by atoms with E-state index < -0.39 is 0 Å². The van der Waals surface area contributed by atoms with Gasteiger partial charge in [0.25, 0.3) is 0 Å². The molecule has 0 N–H and O–H groups in total. The van der Waals surface area contributed by atoms with Crippen molar-refractivity contribution in [3.8, 4) is 5.88 Å². The Morgan fingerprint density at radius 3 is 2.76 bits per heavy atom. The smallest absolute Gasteiger partial charge is 0.228 e. The summed E-state index contributed by atoms with van der Waals surface area (Å²) in [6, 6.07) is 1.89. The lowest BCUT2D eigenvalue weighted by Gasteiger charge is -2.22. The molecule has 118 valence electrons. The fourth-order valence-corrected chi connectivity index (χ4v) is 2.72. The molecule has 0 unspecified atom stereocenters. The molecule has 1 aliphatic rings. The van der Waals surface area contributed by atoms with Crippen LogP contribution in [0.4, 0.5) is 5.95 Å². The van der Waals surface area contributed by atoms with E-state index in [9.17, 15) is 0 Å². The van der Waals surface area contributed by atoms with E-state index in [0.717, 1.165) is 50.8 Å². The van der Waals surface area contributed by atoms with Crippen molar-refractivity contribution >= 4 is 17.5 Å². The second-order valence-corrected chi connectivity index (χ2v) is 6.06. The molecule has 1 aliphatic heterocycles. The molecular formula is C15H25ClN4O. The zero-order valence-corrected chi connectivity index (χ0v) is 13.9. The Kier molecular flexibility index (Phi) is 6.06.